The van der Waals surface area contributed by atoms with E-state index in [9.17, 15) is 0 Å². The molecule has 2 saturated carbocycles. The predicted octanol–water partition coefficient (Wildman–Crippen LogP) is 2.21. The highest BCUT2D eigenvalue weighted by molar-refractivity contribution is 5.10. The van der Waals surface area contributed by atoms with Crippen molar-refractivity contribution in [1.82, 2.24) is 5.32 Å². The van der Waals surface area contributed by atoms with Crippen molar-refractivity contribution < 1.29 is 4.74 Å². The van der Waals surface area contributed by atoms with E-state index in [0.717, 1.165) is 30.3 Å². The third-order valence-electron chi connectivity index (χ3n) is 4.60. The summed E-state index contributed by atoms with van der Waals surface area (Å²) in [7, 11) is 1.82. The predicted molar refractivity (Wildman–Crippen MR) is 65.2 cm³/mol. The summed E-state index contributed by atoms with van der Waals surface area (Å²) < 4.78 is 5.31. The number of methoxy groups -OCH3 is 1. The van der Waals surface area contributed by atoms with E-state index in [1.807, 2.05) is 7.11 Å². The lowest BCUT2D eigenvalue weighted by atomic mass is 9.93. The first kappa shape index (κ1) is 10.8. The van der Waals surface area contributed by atoms with Gasteiger partial charge in [-0.05, 0) is 55.9 Å². The highest BCUT2D eigenvalue weighted by atomic mass is 16.5. The summed E-state index contributed by atoms with van der Waals surface area (Å²) >= 11 is 0. The molecule has 2 nitrogen and oxygen atoms in total. The van der Waals surface area contributed by atoms with Gasteiger partial charge in [-0.3, -0.25) is 0 Å². The van der Waals surface area contributed by atoms with Gasteiger partial charge in [0.2, 0.25) is 0 Å². The highest BCUT2D eigenvalue weighted by Crippen LogP contribution is 2.43. The maximum Gasteiger partial charge on any atom is 0.0618 e. The Bertz CT molecular complexity index is 272. The van der Waals surface area contributed by atoms with Crippen molar-refractivity contribution in [2.24, 2.45) is 23.7 Å². The van der Waals surface area contributed by atoms with Crippen LogP contribution in [-0.4, -0.2) is 26.3 Å². The zero-order valence-electron chi connectivity index (χ0n) is 10.2. The molecule has 0 heterocycles. The molecule has 3 rings (SSSR count). The van der Waals surface area contributed by atoms with Crippen LogP contribution in [0.3, 0.4) is 0 Å². The monoisotopic (exact) mass is 221 g/mol. The molecular formula is C14H23NO. The number of hydrogen-bond donors (Lipinski definition) is 1. The van der Waals surface area contributed by atoms with Crippen LogP contribution >= 0.6 is 0 Å². The van der Waals surface area contributed by atoms with E-state index in [1.165, 1.54) is 32.2 Å². The van der Waals surface area contributed by atoms with Crippen LogP contribution in [-0.2, 0) is 4.74 Å². The maximum absolute atomic E-state index is 5.31. The topological polar surface area (TPSA) is 21.3 Å². The molecule has 0 aromatic rings. The van der Waals surface area contributed by atoms with Gasteiger partial charge < -0.3 is 10.1 Å². The van der Waals surface area contributed by atoms with Gasteiger partial charge in [0.05, 0.1) is 6.61 Å². The zero-order valence-corrected chi connectivity index (χ0v) is 10.2. The smallest absolute Gasteiger partial charge is 0.0618 e. The molecule has 3 aliphatic carbocycles. The van der Waals surface area contributed by atoms with Gasteiger partial charge in [0.25, 0.3) is 0 Å². The van der Waals surface area contributed by atoms with Crippen molar-refractivity contribution in [3.05, 3.63) is 12.2 Å². The van der Waals surface area contributed by atoms with E-state index in [2.05, 4.69) is 17.5 Å². The van der Waals surface area contributed by atoms with Crippen LogP contribution in [0.1, 0.15) is 25.7 Å². The van der Waals surface area contributed by atoms with Crippen molar-refractivity contribution in [2.45, 2.75) is 31.7 Å². The number of fused-ring (bicyclic) bond motifs is 2. The van der Waals surface area contributed by atoms with Crippen LogP contribution in [0.2, 0.25) is 0 Å². The Morgan fingerprint density at radius 2 is 2.19 bits per heavy atom. The largest absolute Gasteiger partial charge is 0.383 e. The van der Waals surface area contributed by atoms with Crippen molar-refractivity contribution in [3.8, 4) is 0 Å². The Hall–Kier alpha value is -0.340. The second kappa shape index (κ2) is 4.50. The summed E-state index contributed by atoms with van der Waals surface area (Å²) in [6.45, 7) is 2.09. The first-order valence-electron chi connectivity index (χ1n) is 6.77. The molecule has 3 aliphatic rings. The summed E-state index contributed by atoms with van der Waals surface area (Å²) in [6.07, 6.45) is 10.5. The summed E-state index contributed by atoms with van der Waals surface area (Å²) in [5.74, 6) is 3.57. The van der Waals surface area contributed by atoms with Crippen molar-refractivity contribution >= 4 is 0 Å². The van der Waals surface area contributed by atoms with Crippen molar-refractivity contribution in [1.29, 1.82) is 0 Å². The molecule has 1 N–H and O–H groups in total. The van der Waals surface area contributed by atoms with Gasteiger partial charge >= 0.3 is 0 Å². The minimum atomic E-state index is 0.619. The van der Waals surface area contributed by atoms with E-state index in [1.54, 1.807) is 0 Å². The Morgan fingerprint density at radius 1 is 1.31 bits per heavy atom. The van der Waals surface area contributed by atoms with E-state index < -0.39 is 0 Å². The third-order valence-corrected chi connectivity index (χ3v) is 4.60. The SMILES string of the molecule is COCC(NCC1CC2C=CC1C2)C1CC1. The number of allylic oxidation sites excluding steroid dienone is 2. The van der Waals surface area contributed by atoms with E-state index in [-0.39, 0.29) is 0 Å². The molecule has 0 aromatic carbocycles. The van der Waals surface area contributed by atoms with Gasteiger partial charge in [0, 0.05) is 13.2 Å². The molecule has 4 atom stereocenters. The van der Waals surface area contributed by atoms with Gasteiger partial charge in [-0.25, -0.2) is 0 Å². The van der Waals surface area contributed by atoms with Crippen molar-refractivity contribution in [2.75, 3.05) is 20.3 Å². The molecule has 4 unspecified atom stereocenters. The Balaban J connectivity index is 1.46. The summed E-state index contributed by atoms with van der Waals surface area (Å²) in [6, 6.07) is 0.619. The highest BCUT2D eigenvalue weighted by Gasteiger charge is 2.37. The quantitative estimate of drug-likeness (QED) is 0.694. The number of ether oxygens (including phenoxy) is 1. The van der Waals surface area contributed by atoms with Gasteiger partial charge in [0.15, 0.2) is 0 Å². The lowest BCUT2D eigenvalue weighted by Crippen LogP contribution is -2.39. The van der Waals surface area contributed by atoms with Crippen LogP contribution in [0.5, 0.6) is 0 Å². The summed E-state index contributed by atoms with van der Waals surface area (Å²) in [5.41, 5.74) is 0. The third kappa shape index (κ3) is 2.18. The molecule has 2 fully saturated rings. The molecule has 16 heavy (non-hydrogen) atoms. The molecule has 0 aromatic heterocycles. The Kier molecular flexibility index (Phi) is 3.03. The van der Waals surface area contributed by atoms with Gasteiger partial charge in [0.1, 0.15) is 0 Å². The van der Waals surface area contributed by atoms with Gasteiger partial charge in [-0.2, -0.15) is 0 Å². The molecule has 90 valence electrons. The summed E-state index contributed by atoms with van der Waals surface area (Å²) in [4.78, 5) is 0. The number of hydrogen-bond acceptors (Lipinski definition) is 2. The molecule has 0 spiro atoms. The molecule has 2 bridgehead atoms. The molecule has 0 radical (unpaired) electrons. The minimum Gasteiger partial charge on any atom is -0.383 e. The number of nitrogens with one attached hydrogen (secondary N) is 1. The summed E-state index contributed by atoms with van der Waals surface area (Å²) in [5, 5.41) is 3.75. The molecule has 0 amide bonds. The fourth-order valence-electron chi connectivity index (χ4n) is 3.47. The average molecular weight is 221 g/mol. The van der Waals surface area contributed by atoms with Crippen LogP contribution < -0.4 is 5.32 Å². The first-order valence-corrected chi connectivity index (χ1v) is 6.77. The fraction of sp³-hybridized carbons (Fsp3) is 0.857. The normalized spacial score (nSPS) is 38.2. The van der Waals surface area contributed by atoms with Crippen LogP contribution in [0.25, 0.3) is 0 Å². The average Bonchev–Trinajstić information content (AvgIpc) is 2.93. The lowest BCUT2D eigenvalue weighted by Gasteiger charge is -2.23. The van der Waals surface area contributed by atoms with E-state index in [0.29, 0.717) is 6.04 Å². The maximum atomic E-state index is 5.31. The zero-order chi connectivity index (χ0) is 11.0. The van der Waals surface area contributed by atoms with Crippen molar-refractivity contribution in [3.63, 3.8) is 0 Å². The Morgan fingerprint density at radius 3 is 2.75 bits per heavy atom. The number of rotatable bonds is 6. The second-order valence-corrected chi connectivity index (χ2v) is 5.85. The van der Waals surface area contributed by atoms with E-state index in [4.69, 9.17) is 4.74 Å². The van der Waals surface area contributed by atoms with Crippen LogP contribution in [0.15, 0.2) is 12.2 Å². The van der Waals surface area contributed by atoms with Gasteiger partial charge in [-0.1, -0.05) is 12.2 Å². The second-order valence-electron chi connectivity index (χ2n) is 5.85. The lowest BCUT2D eigenvalue weighted by molar-refractivity contribution is 0.154. The molecule has 0 saturated heterocycles. The molecule has 0 aliphatic heterocycles. The first-order chi connectivity index (χ1) is 7.86. The van der Waals surface area contributed by atoms with E-state index >= 15 is 0 Å². The molecule has 2 heteroatoms. The standard InChI is InChI=1S/C14H23NO/c1-16-9-14(11-4-5-11)15-8-13-7-10-2-3-12(13)6-10/h2-3,10-15H,4-9H2,1H3. The van der Waals surface area contributed by atoms with Crippen LogP contribution in [0, 0.1) is 23.7 Å². The van der Waals surface area contributed by atoms with Crippen LogP contribution in [0.4, 0.5) is 0 Å². The molecular weight excluding hydrogens is 198 g/mol. The minimum absolute atomic E-state index is 0.619. The van der Waals surface area contributed by atoms with Gasteiger partial charge in [-0.15, -0.1) is 0 Å². The fourth-order valence-corrected chi connectivity index (χ4v) is 3.47. The Labute approximate surface area is 98.4 Å².